The largest absolute Gasteiger partial charge is 0.490 e. The van der Waals surface area contributed by atoms with Gasteiger partial charge in [0.15, 0.2) is 0 Å². The summed E-state index contributed by atoms with van der Waals surface area (Å²) in [5, 5.41) is 5.79. The van der Waals surface area contributed by atoms with E-state index in [4.69, 9.17) is 9.47 Å². The van der Waals surface area contributed by atoms with Gasteiger partial charge >= 0.3 is 0 Å². The maximum Gasteiger partial charge on any atom is 0.259 e. The first kappa shape index (κ1) is 22.1. The van der Waals surface area contributed by atoms with E-state index >= 15 is 0 Å². The molecule has 0 spiro atoms. The second-order valence-corrected chi connectivity index (χ2v) is 6.85. The molecule has 0 aliphatic heterocycles. The zero-order chi connectivity index (χ0) is 22.1. The second-order valence-electron chi connectivity index (χ2n) is 6.85. The van der Waals surface area contributed by atoms with Gasteiger partial charge in [0.25, 0.3) is 11.8 Å². The zero-order valence-electron chi connectivity index (χ0n) is 17.7. The standard InChI is InChI=1S/C25H26N2O4/c1-3-30-15-16-31-23-12-8-7-11-21(23)25(29)26-20-13-14-22(18(2)17-20)27-24(28)19-9-5-4-6-10-19/h4-14,17H,3,15-16H2,1-2H3,(H,26,29)(H,27,28). The van der Waals surface area contributed by atoms with E-state index in [1.807, 2.05) is 44.2 Å². The van der Waals surface area contributed by atoms with Crippen molar-refractivity contribution in [2.45, 2.75) is 13.8 Å². The molecule has 0 aliphatic carbocycles. The van der Waals surface area contributed by atoms with E-state index in [9.17, 15) is 9.59 Å². The number of amides is 2. The van der Waals surface area contributed by atoms with E-state index in [1.54, 1.807) is 42.5 Å². The molecule has 0 atom stereocenters. The van der Waals surface area contributed by atoms with Crippen LogP contribution < -0.4 is 15.4 Å². The summed E-state index contributed by atoms with van der Waals surface area (Å²) in [6, 6.07) is 21.4. The highest BCUT2D eigenvalue weighted by molar-refractivity contribution is 6.07. The summed E-state index contributed by atoms with van der Waals surface area (Å²) in [4.78, 5) is 25.2. The maximum absolute atomic E-state index is 12.8. The predicted molar refractivity (Wildman–Crippen MR) is 122 cm³/mol. The summed E-state index contributed by atoms with van der Waals surface area (Å²) in [6.07, 6.45) is 0. The summed E-state index contributed by atoms with van der Waals surface area (Å²) < 4.78 is 11.0. The molecule has 0 bridgehead atoms. The number of benzene rings is 3. The number of rotatable bonds is 9. The molecule has 31 heavy (non-hydrogen) atoms. The molecule has 160 valence electrons. The van der Waals surface area contributed by atoms with Gasteiger partial charge < -0.3 is 20.1 Å². The third kappa shape index (κ3) is 6.17. The minimum atomic E-state index is -0.271. The molecule has 0 radical (unpaired) electrons. The van der Waals surface area contributed by atoms with Crippen LogP contribution in [-0.2, 0) is 4.74 Å². The number of ether oxygens (including phenoxy) is 2. The van der Waals surface area contributed by atoms with Crippen molar-refractivity contribution in [3.05, 3.63) is 89.5 Å². The lowest BCUT2D eigenvalue weighted by atomic mass is 10.1. The van der Waals surface area contributed by atoms with Crippen LogP contribution in [0.4, 0.5) is 11.4 Å². The van der Waals surface area contributed by atoms with Crippen LogP contribution in [0.25, 0.3) is 0 Å². The molecule has 2 N–H and O–H groups in total. The smallest absolute Gasteiger partial charge is 0.259 e. The van der Waals surface area contributed by atoms with Gasteiger partial charge in [-0.3, -0.25) is 9.59 Å². The number of carbonyl (C=O) groups is 2. The summed E-state index contributed by atoms with van der Waals surface area (Å²) >= 11 is 0. The number of para-hydroxylation sites is 1. The van der Waals surface area contributed by atoms with E-state index in [2.05, 4.69) is 10.6 Å². The lowest BCUT2D eigenvalue weighted by molar-refractivity contribution is 0.0996. The van der Waals surface area contributed by atoms with E-state index in [0.717, 1.165) is 5.56 Å². The Balaban J connectivity index is 1.66. The molecule has 3 rings (SSSR count). The Morgan fingerprint density at radius 2 is 1.58 bits per heavy atom. The van der Waals surface area contributed by atoms with Crippen molar-refractivity contribution in [1.29, 1.82) is 0 Å². The Hall–Kier alpha value is -3.64. The molecule has 3 aromatic carbocycles. The third-order valence-electron chi connectivity index (χ3n) is 4.59. The Morgan fingerprint density at radius 1 is 0.839 bits per heavy atom. The van der Waals surface area contributed by atoms with Crippen LogP contribution in [0.5, 0.6) is 5.75 Å². The van der Waals surface area contributed by atoms with Gasteiger partial charge in [-0.15, -0.1) is 0 Å². The van der Waals surface area contributed by atoms with Crippen LogP contribution in [0.3, 0.4) is 0 Å². The van der Waals surface area contributed by atoms with Crippen LogP contribution >= 0.6 is 0 Å². The topological polar surface area (TPSA) is 76.7 Å². The molecule has 3 aromatic rings. The average Bonchev–Trinajstić information content (AvgIpc) is 2.79. The number of nitrogens with one attached hydrogen (secondary N) is 2. The van der Waals surface area contributed by atoms with Gasteiger partial charge in [-0.05, 0) is 61.9 Å². The van der Waals surface area contributed by atoms with Gasteiger partial charge in [0.2, 0.25) is 0 Å². The fourth-order valence-electron chi connectivity index (χ4n) is 3.00. The first-order valence-electron chi connectivity index (χ1n) is 10.2. The van der Waals surface area contributed by atoms with E-state index in [1.165, 1.54) is 0 Å². The van der Waals surface area contributed by atoms with Crippen LogP contribution in [0, 0.1) is 6.92 Å². The zero-order valence-corrected chi connectivity index (χ0v) is 17.7. The number of aryl methyl sites for hydroxylation is 1. The van der Waals surface area contributed by atoms with Crippen LogP contribution in [0.2, 0.25) is 0 Å². The van der Waals surface area contributed by atoms with Gasteiger partial charge in [0.05, 0.1) is 12.2 Å². The minimum absolute atomic E-state index is 0.182. The monoisotopic (exact) mass is 418 g/mol. The summed E-state index contributed by atoms with van der Waals surface area (Å²) in [7, 11) is 0. The van der Waals surface area contributed by atoms with Crippen molar-refractivity contribution in [3.63, 3.8) is 0 Å². The van der Waals surface area contributed by atoms with Crippen molar-refractivity contribution < 1.29 is 19.1 Å². The van der Waals surface area contributed by atoms with Crippen molar-refractivity contribution >= 4 is 23.2 Å². The lowest BCUT2D eigenvalue weighted by Crippen LogP contribution is -2.16. The summed E-state index contributed by atoms with van der Waals surface area (Å²) in [5.74, 6) is 0.0502. The average molecular weight is 418 g/mol. The van der Waals surface area contributed by atoms with Gasteiger partial charge in [0.1, 0.15) is 12.4 Å². The van der Waals surface area contributed by atoms with Crippen LogP contribution in [0.15, 0.2) is 72.8 Å². The quantitative estimate of drug-likeness (QED) is 0.484. The van der Waals surface area contributed by atoms with Crippen LogP contribution in [0.1, 0.15) is 33.2 Å². The normalized spacial score (nSPS) is 10.4. The summed E-state index contributed by atoms with van der Waals surface area (Å²) in [5.41, 5.74) is 3.18. The number of hydrogen-bond acceptors (Lipinski definition) is 4. The highest BCUT2D eigenvalue weighted by Gasteiger charge is 2.13. The Bertz CT molecular complexity index is 1030. The Labute approximate surface area is 182 Å². The molecule has 2 amide bonds. The second kappa shape index (κ2) is 10.9. The molecule has 0 aliphatic rings. The van der Waals surface area contributed by atoms with E-state index < -0.39 is 0 Å². The van der Waals surface area contributed by atoms with Crippen molar-refractivity contribution in [2.24, 2.45) is 0 Å². The highest BCUT2D eigenvalue weighted by Crippen LogP contribution is 2.23. The van der Waals surface area contributed by atoms with Gasteiger partial charge in [0, 0.05) is 23.5 Å². The molecule has 0 heterocycles. The predicted octanol–water partition coefficient (Wildman–Crippen LogP) is 4.91. The van der Waals surface area contributed by atoms with Gasteiger partial charge in [-0.1, -0.05) is 30.3 Å². The molecular formula is C25H26N2O4. The number of carbonyl (C=O) groups excluding carboxylic acids is 2. The number of anilines is 2. The molecule has 0 fully saturated rings. The first-order chi connectivity index (χ1) is 15.1. The minimum Gasteiger partial charge on any atom is -0.490 e. The molecule has 0 saturated heterocycles. The Kier molecular flexibility index (Phi) is 7.79. The fraction of sp³-hybridized carbons (Fsp3) is 0.200. The SMILES string of the molecule is CCOCCOc1ccccc1C(=O)Nc1ccc(NC(=O)c2ccccc2)c(C)c1. The Morgan fingerprint density at radius 3 is 2.32 bits per heavy atom. The van der Waals surface area contributed by atoms with Gasteiger partial charge in [-0.25, -0.2) is 0 Å². The van der Waals surface area contributed by atoms with Crippen LogP contribution in [-0.4, -0.2) is 31.6 Å². The third-order valence-corrected chi connectivity index (χ3v) is 4.59. The van der Waals surface area contributed by atoms with Gasteiger partial charge in [-0.2, -0.15) is 0 Å². The highest BCUT2D eigenvalue weighted by atomic mass is 16.5. The number of hydrogen-bond donors (Lipinski definition) is 2. The van der Waals surface area contributed by atoms with Crippen molar-refractivity contribution in [1.82, 2.24) is 0 Å². The molecule has 6 nitrogen and oxygen atoms in total. The summed E-state index contributed by atoms with van der Waals surface area (Å²) in [6.45, 7) is 5.24. The molecule has 0 aromatic heterocycles. The molecule has 0 unspecified atom stereocenters. The lowest BCUT2D eigenvalue weighted by Gasteiger charge is -2.13. The van der Waals surface area contributed by atoms with Crippen molar-refractivity contribution in [2.75, 3.05) is 30.5 Å². The molecule has 6 heteroatoms. The first-order valence-corrected chi connectivity index (χ1v) is 10.2. The van der Waals surface area contributed by atoms with E-state index in [0.29, 0.717) is 48.1 Å². The maximum atomic E-state index is 12.8. The van der Waals surface area contributed by atoms with Crippen molar-refractivity contribution in [3.8, 4) is 5.75 Å². The molecule has 0 saturated carbocycles. The fourth-order valence-corrected chi connectivity index (χ4v) is 3.00. The van der Waals surface area contributed by atoms with E-state index in [-0.39, 0.29) is 11.8 Å². The molecular weight excluding hydrogens is 392 g/mol.